The average Bonchev–Trinajstić information content (AvgIpc) is 3.73. The van der Waals surface area contributed by atoms with Crippen LogP contribution in [0.15, 0.2) is 206 Å². The molecular formula is C59H48N2S. The third kappa shape index (κ3) is 7.13. The van der Waals surface area contributed by atoms with Gasteiger partial charge in [0.1, 0.15) is 0 Å². The first-order valence-electron chi connectivity index (χ1n) is 22.1. The summed E-state index contributed by atoms with van der Waals surface area (Å²) in [7, 11) is 0. The lowest BCUT2D eigenvalue weighted by Crippen LogP contribution is -2.13. The quantitative estimate of drug-likeness (QED) is 0.143. The van der Waals surface area contributed by atoms with E-state index < -0.39 is 0 Å². The molecule has 1 saturated carbocycles. The van der Waals surface area contributed by atoms with Crippen molar-refractivity contribution in [2.75, 3.05) is 9.80 Å². The van der Waals surface area contributed by atoms with E-state index in [0.29, 0.717) is 5.92 Å². The Kier molecular flexibility index (Phi) is 10.1. The zero-order chi connectivity index (χ0) is 41.4. The highest BCUT2D eigenvalue weighted by atomic mass is 32.1. The summed E-state index contributed by atoms with van der Waals surface area (Å²) in [4.78, 5) is 4.87. The minimum absolute atomic E-state index is 0.661. The topological polar surface area (TPSA) is 6.48 Å². The Bertz CT molecular complexity index is 3140. The van der Waals surface area contributed by atoms with Crippen LogP contribution in [0.2, 0.25) is 0 Å². The normalized spacial score (nSPS) is 13.2. The highest BCUT2D eigenvalue weighted by Gasteiger charge is 2.22. The van der Waals surface area contributed by atoms with Gasteiger partial charge in [0, 0.05) is 54.2 Å². The smallest absolute Gasteiger partial charge is 0.0546 e. The van der Waals surface area contributed by atoms with Crippen molar-refractivity contribution in [3.63, 3.8) is 0 Å². The van der Waals surface area contributed by atoms with Crippen LogP contribution in [0, 0.1) is 6.92 Å². The van der Waals surface area contributed by atoms with Gasteiger partial charge in [0.25, 0.3) is 0 Å². The van der Waals surface area contributed by atoms with Crippen LogP contribution in [0.25, 0.3) is 53.2 Å². The number of nitrogens with zero attached hydrogens (tertiary/aromatic N) is 2. The Balaban J connectivity index is 1.06. The number of fused-ring (bicyclic) bond motifs is 4. The highest BCUT2D eigenvalue weighted by Crippen LogP contribution is 2.47. The number of anilines is 6. The second kappa shape index (κ2) is 16.5. The molecule has 1 fully saturated rings. The van der Waals surface area contributed by atoms with Gasteiger partial charge in [-0.25, -0.2) is 0 Å². The lowest BCUT2D eigenvalue weighted by molar-refractivity contribution is 0.443. The molecule has 1 aromatic heterocycles. The van der Waals surface area contributed by atoms with Crippen LogP contribution in [0.5, 0.6) is 0 Å². The van der Waals surface area contributed by atoms with Crippen LogP contribution in [0.1, 0.15) is 49.1 Å². The summed E-state index contributed by atoms with van der Waals surface area (Å²) in [6, 6.07) is 76.3. The number of hydrogen-bond donors (Lipinski definition) is 0. The monoisotopic (exact) mass is 816 g/mol. The van der Waals surface area contributed by atoms with Gasteiger partial charge < -0.3 is 9.80 Å². The van der Waals surface area contributed by atoms with E-state index >= 15 is 0 Å². The van der Waals surface area contributed by atoms with Crippen molar-refractivity contribution in [3.05, 3.63) is 217 Å². The largest absolute Gasteiger partial charge is 0.311 e. The Hall–Kier alpha value is -6.94. The van der Waals surface area contributed by atoms with Gasteiger partial charge >= 0.3 is 0 Å². The van der Waals surface area contributed by atoms with Crippen molar-refractivity contribution in [2.24, 2.45) is 0 Å². The fraction of sp³-hybridized carbons (Fsp3) is 0.119. The van der Waals surface area contributed by atoms with E-state index in [1.165, 1.54) is 96.4 Å². The lowest BCUT2D eigenvalue weighted by atomic mass is 9.84. The van der Waals surface area contributed by atoms with E-state index in [2.05, 4.69) is 223 Å². The van der Waals surface area contributed by atoms with E-state index in [9.17, 15) is 0 Å². The second-order valence-electron chi connectivity index (χ2n) is 16.8. The first-order valence-corrected chi connectivity index (χ1v) is 22.9. The summed E-state index contributed by atoms with van der Waals surface area (Å²) in [5.41, 5.74) is 14.4. The molecule has 0 atom stereocenters. The Morgan fingerprint density at radius 3 is 1.71 bits per heavy atom. The van der Waals surface area contributed by atoms with Gasteiger partial charge in [-0.3, -0.25) is 0 Å². The van der Waals surface area contributed by atoms with Crippen LogP contribution in [0.3, 0.4) is 0 Å². The van der Waals surface area contributed by atoms with Crippen LogP contribution < -0.4 is 9.80 Å². The standard InChI is InChI=1S/C59H48N2S/c1-41-14-13-23-56-58(41)54-38-37-52(40-57(54)62-56)61(55-39-28-46-19-11-12-22-53(46)59(55)47-20-9-4-10-21-47)51-35-33-50(34-36-51)60(48-29-24-44(25-30-48)42-15-5-2-6-16-42)49-31-26-45(27-32-49)43-17-7-3-8-18-43/h2,4-6,9-16,19-40,43H,3,7-8,17-18H2,1H3. The molecule has 0 N–H and O–H groups in total. The van der Waals surface area contributed by atoms with Crippen LogP contribution in [-0.4, -0.2) is 0 Å². The molecule has 2 nitrogen and oxygen atoms in total. The van der Waals surface area contributed by atoms with E-state index in [4.69, 9.17) is 0 Å². The van der Waals surface area contributed by atoms with E-state index in [-0.39, 0.29) is 0 Å². The van der Waals surface area contributed by atoms with Crippen molar-refractivity contribution in [1.29, 1.82) is 0 Å². The third-order valence-corrected chi connectivity index (χ3v) is 14.1. The number of thiophene rings is 1. The molecule has 3 heteroatoms. The molecule has 0 bridgehead atoms. The van der Waals surface area contributed by atoms with Crippen molar-refractivity contribution in [3.8, 4) is 22.3 Å². The van der Waals surface area contributed by atoms with Gasteiger partial charge in [0.05, 0.1) is 5.69 Å². The van der Waals surface area contributed by atoms with Gasteiger partial charge in [-0.05, 0) is 137 Å². The number of hydrogen-bond acceptors (Lipinski definition) is 3. The second-order valence-corrected chi connectivity index (χ2v) is 17.9. The van der Waals surface area contributed by atoms with Crippen molar-refractivity contribution >= 4 is 76.4 Å². The van der Waals surface area contributed by atoms with Crippen molar-refractivity contribution in [1.82, 2.24) is 0 Å². The molecule has 0 radical (unpaired) electrons. The van der Waals surface area contributed by atoms with Gasteiger partial charge in [-0.1, -0.05) is 153 Å². The predicted molar refractivity (Wildman–Crippen MR) is 268 cm³/mol. The molecule has 11 rings (SSSR count). The van der Waals surface area contributed by atoms with Gasteiger partial charge in [0.2, 0.25) is 0 Å². The summed E-state index contributed by atoms with van der Waals surface area (Å²) in [6.45, 7) is 2.23. The first kappa shape index (κ1) is 38.0. The molecule has 0 aliphatic heterocycles. The van der Waals surface area contributed by atoms with E-state index in [0.717, 1.165) is 34.1 Å². The molecule has 0 unspecified atom stereocenters. The lowest BCUT2D eigenvalue weighted by Gasteiger charge is -2.30. The van der Waals surface area contributed by atoms with Gasteiger partial charge in [-0.15, -0.1) is 11.3 Å². The van der Waals surface area contributed by atoms with Crippen LogP contribution >= 0.6 is 11.3 Å². The minimum atomic E-state index is 0.661. The zero-order valence-electron chi connectivity index (χ0n) is 35.0. The molecule has 10 aromatic rings. The number of benzene rings is 9. The molecule has 62 heavy (non-hydrogen) atoms. The Morgan fingerprint density at radius 1 is 0.419 bits per heavy atom. The third-order valence-electron chi connectivity index (χ3n) is 13.0. The van der Waals surface area contributed by atoms with Crippen molar-refractivity contribution in [2.45, 2.75) is 44.9 Å². The molecule has 1 aliphatic rings. The maximum absolute atomic E-state index is 2.47. The molecule has 9 aromatic carbocycles. The highest BCUT2D eigenvalue weighted by molar-refractivity contribution is 7.25. The van der Waals surface area contributed by atoms with Gasteiger partial charge in [-0.2, -0.15) is 0 Å². The molecule has 1 heterocycles. The summed E-state index contributed by atoms with van der Waals surface area (Å²) < 4.78 is 2.62. The number of rotatable bonds is 9. The molecule has 300 valence electrons. The summed E-state index contributed by atoms with van der Waals surface area (Å²) in [6.07, 6.45) is 6.61. The molecule has 0 saturated heterocycles. The zero-order valence-corrected chi connectivity index (χ0v) is 35.9. The summed E-state index contributed by atoms with van der Waals surface area (Å²) in [5.74, 6) is 0.661. The summed E-state index contributed by atoms with van der Waals surface area (Å²) >= 11 is 1.88. The first-order chi connectivity index (χ1) is 30.7. The van der Waals surface area contributed by atoms with Crippen molar-refractivity contribution < 1.29 is 0 Å². The minimum Gasteiger partial charge on any atom is -0.311 e. The summed E-state index contributed by atoms with van der Waals surface area (Å²) in [5, 5.41) is 5.13. The van der Waals surface area contributed by atoms with E-state index in [1.807, 2.05) is 11.3 Å². The Morgan fingerprint density at radius 2 is 1.00 bits per heavy atom. The molecule has 0 amide bonds. The predicted octanol–water partition coefficient (Wildman–Crippen LogP) is 17.8. The maximum atomic E-state index is 2.47. The SMILES string of the molecule is Cc1cccc2sc3cc(N(c4ccc(N(c5ccc(-c6ccccc6)cc5)c5ccc(C6CCCCC6)cc5)cc4)c4ccc5ccccc5c4-c4ccccc4)ccc3c12. The molecule has 1 aliphatic carbocycles. The average molecular weight is 817 g/mol. The molecular weight excluding hydrogens is 769 g/mol. The fourth-order valence-electron chi connectivity index (χ4n) is 9.88. The Labute approximate surface area is 369 Å². The molecule has 0 spiro atoms. The van der Waals surface area contributed by atoms with Crippen LogP contribution in [0.4, 0.5) is 34.1 Å². The fourth-order valence-corrected chi connectivity index (χ4v) is 11.1. The number of aryl methyl sites for hydroxylation is 1. The maximum Gasteiger partial charge on any atom is 0.0546 e. The van der Waals surface area contributed by atoms with Gasteiger partial charge in [0.15, 0.2) is 0 Å². The van der Waals surface area contributed by atoms with Crippen LogP contribution in [-0.2, 0) is 0 Å². The van der Waals surface area contributed by atoms with E-state index in [1.54, 1.807) is 0 Å².